The van der Waals surface area contributed by atoms with E-state index in [4.69, 9.17) is 11.6 Å². The van der Waals surface area contributed by atoms with Gasteiger partial charge in [-0.15, -0.1) is 0 Å². The molecule has 1 heterocycles. The van der Waals surface area contributed by atoms with E-state index in [1.54, 1.807) is 0 Å². The van der Waals surface area contributed by atoms with Crippen LogP contribution in [0.1, 0.15) is 25.7 Å². The number of fused-ring (bicyclic) bond motifs is 1. The van der Waals surface area contributed by atoms with Gasteiger partial charge in [0.15, 0.2) is 0 Å². The highest BCUT2D eigenvalue weighted by molar-refractivity contribution is 9.11. The molecular formula is C14H13BrClNO. The standard InChI is InChI=1S/C14H13BrClNO/c15-14-12-10(4-2-1-3-5-11(12)16)13(17-14)8-6-9(18)7-8/h1-2,5,8,10H,3-4,6-7H2/b2-1-,11-5-. The van der Waals surface area contributed by atoms with Gasteiger partial charge in [-0.25, -0.2) is 4.99 Å². The summed E-state index contributed by atoms with van der Waals surface area (Å²) in [4.78, 5) is 15.8. The average molecular weight is 327 g/mol. The molecule has 3 rings (SSSR count). The van der Waals surface area contributed by atoms with Crippen molar-refractivity contribution in [3.63, 3.8) is 0 Å². The van der Waals surface area contributed by atoms with Gasteiger partial charge in [0.2, 0.25) is 0 Å². The lowest BCUT2D eigenvalue weighted by Gasteiger charge is -2.29. The van der Waals surface area contributed by atoms with E-state index in [1.165, 1.54) is 0 Å². The Kier molecular flexibility index (Phi) is 3.29. The first-order chi connectivity index (χ1) is 8.66. The fraction of sp³-hybridized carbons (Fsp3) is 0.429. The average Bonchev–Trinajstić information content (AvgIpc) is 2.57. The Hall–Kier alpha value is -0.670. The quantitative estimate of drug-likeness (QED) is 0.526. The van der Waals surface area contributed by atoms with Crippen LogP contribution >= 0.6 is 27.5 Å². The van der Waals surface area contributed by atoms with Gasteiger partial charge in [-0.2, -0.15) is 0 Å². The Labute approximate surface area is 120 Å². The van der Waals surface area contributed by atoms with Crippen LogP contribution in [0.15, 0.2) is 38.4 Å². The van der Waals surface area contributed by atoms with E-state index >= 15 is 0 Å². The van der Waals surface area contributed by atoms with Crippen molar-refractivity contribution in [2.75, 3.05) is 0 Å². The molecular weight excluding hydrogens is 314 g/mol. The molecule has 2 nitrogen and oxygen atoms in total. The maximum absolute atomic E-state index is 11.2. The summed E-state index contributed by atoms with van der Waals surface area (Å²) in [7, 11) is 0. The molecule has 3 aliphatic rings. The Balaban J connectivity index is 1.91. The van der Waals surface area contributed by atoms with Crippen LogP contribution in [0, 0.1) is 11.8 Å². The number of ketones is 1. The van der Waals surface area contributed by atoms with Gasteiger partial charge in [0.1, 0.15) is 10.4 Å². The van der Waals surface area contributed by atoms with Crippen LogP contribution in [-0.2, 0) is 4.79 Å². The van der Waals surface area contributed by atoms with E-state index in [0.29, 0.717) is 24.5 Å². The highest BCUT2D eigenvalue weighted by atomic mass is 79.9. The van der Waals surface area contributed by atoms with Gasteiger partial charge in [-0.05, 0) is 28.8 Å². The van der Waals surface area contributed by atoms with Crippen LogP contribution in [0.4, 0.5) is 0 Å². The molecule has 94 valence electrons. The van der Waals surface area contributed by atoms with Gasteiger partial charge in [-0.1, -0.05) is 29.8 Å². The third-order valence-corrected chi connectivity index (χ3v) is 4.71. The molecule has 4 heteroatoms. The van der Waals surface area contributed by atoms with Crippen LogP contribution in [0.2, 0.25) is 0 Å². The number of hydrogen-bond acceptors (Lipinski definition) is 2. The lowest BCUT2D eigenvalue weighted by Crippen LogP contribution is -2.34. The topological polar surface area (TPSA) is 29.4 Å². The molecule has 0 radical (unpaired) electrons. The second-order valence-electron chi connectivity index (χ2n) is 4.93. The van der Waals surface area contributed by atoms with Crippen LogP contribution < -0.4 is 0 Å². The summed E-state index contributed by atoms with van der Waals surface area (Å²) in [5.41, 5.74) is 2.23. The largest absolute Gasteiger partial charge is 0.300 e. The molecule has 1 atom stereocenters. The summed E-state index contributed by atoms with van der Waals surface area (Å²) in [5, 5.41) is 0.792. The molecule has 1 unspecified atom stereocenters. The summed E-state index contributed by atoms with van der Waals surface area (Å²) in [6.07, 6.45) is 9.43. The van der Waals surface area contributed by atoms with E-state index < -0.39 is 0 Å². The third kappa shape index (κ3) is 2.04. The van der Waals surface area contributed by atoms with Gasteiger partial charge in [0, 0.05) is 41.0 Å². The highest BCUT2D eigenvalue weighted by Crippen LogP contribution is 2.44. The number of carbonyl (C=O) groups is 1. The van der Waals surface area contributed by atoms with Crippen molar-refractivity contribution in [3.8, 4) is 0 Å². The van der Waals surface area contributed by atoms with Crippen molar-refractivity contribution in [1.82, 2.24) is 0 Å². The summed E-state index contributed by atoms with van der Waals surface area (Å²) in [5.74, 6) is 0.915. The molecule has 0 aromatic rings. The Morgan fingerprint density at radius 2 is 2.11 bits per heavy atom. The predicted octanol–water partition coefficient (Wildman–Crippen LogP) is 4.12. The van der Waals surface area contributed by atoms with Crippen molar-refractivity contribution in [1.29, 1.82) is 0 Å². The van der Waals surface area contributed by atoms with Crippen molar-refractivity contribution in [2.24, 2.45) is 16.8 Å². The van der Waals surface area contributed by atoms with E-state index in [0.717, 1.165) is 33.8 Å². The summed E-state index contributed by atoms with van der Waals surface area (Å²) < 4.78 is 0.846. The molecule has 2 aliphatic carbocycles. The van der Waals surface area contributed by atoms with Gasteiger partial charge in [-0.3, -0.25) is 4.79 Å². The van der Waals surface area contributed by atoms with Crippen molar-refractivity contribution < 1.29 is 4.79 Å². The Morgan fingerprint density at radius 1 is 1.33 bits per heavy atom. The molecule has 0 amide bonds. The van der Waals surface area contributed by atoms with E-state index in [-0.39, 0.29) is 5.92 Å². The maximum Gasteiger partial charge on any atom is 0.134 e. The van der Waals surface area contributed by atoms with Gasteiger partial charge < -0.3 is 0 Å². The normalized spacial score (nSPS) is 33.0. The lowest BCUT2D eigenvalue weighted by molar-refractivity contribution is -0.125. The second-order valence-corrected chi connectivity index (χ2v) is 6.09. The zero-order valence-electron chi connectivity index (χ0n) is 9.83. The summed E-state index contributed by atoms with van der Waals surface area (Å²) >= 11 is 9.86. The number of Topliss-reactive ketones (excluding diaryl/α,β-unsaturated/α-hetero) is 1. The highest BCUT2D eigenvalue weighted by Gasteiger charge is 2.39. The van der Waals surface area contributed by atoms with Crippen molar-refractivity contribution >= 4 is 39.0 Å². The molecule has 0 saturated heterocycles. The molecule has 0 aromatic carbocycles. The first-order valence-electron chi connectivity index (χ1n) is 6.17. The Morgan fingerprint density at radius 3 is 2.83 bits per heavy atom. The molecule has 0 bridgehead atoms. The van der Waals surface area contributed by atoms with Gasteiger partial charge in [0.05, 0.1) is 0 Å². The number of allylic oxidation sites excluding steroid dienone is 5. The molecule has 1 aliphatic heterocycles. The Bertz CT molecular complexity index is 522. The summed E-state index contributed by atoms with van der Waals surface area (Å²) in [6.45, 7) is 0. The number of aliphatic imine (C=N–C) groups is 1. The first-order valence-corrected chi connectivity index (χ1v) is 7.34. The minimum Gasteiger partial charge on any atom is -0.300 e. The molecule has 0 aromatic heterocycles. The van der Waals surface area contributed by atoms with Crippen LogP contribution in [0.5, 0.6) is 0 Å². The number of halogens is 2. The minimum atomic E-state index is 0.248. The van der Waals surface area contributed by atoms with Crippen LogP contribution in [-0.4, -0.2) is 11.5 Å². The van der Waals surface area contributed by atoms with Crippen molar-refractivity contribution in [3.05, 3.63) is 33.4 Å². The van der Waals surface area contributed by atoms with E-state index in [2.05, 4.69) is 33.1 Å². The molecule has 1 fully saturated rings. The zero-order chi connectivity index (χ0) is 12.7. The molecule has 1 saturated carbocycles. The predicted molar refractivity (Wildman–Crippen MR) is 76.9 cm³/mol. The number of nitrogens with zero attached hydrogens (tertiary/aromatic N) is 1. The lowest BCUT2D eigenvalue weighted by atomic mass is 9.74. The van der Waals surface area contributed by atoms with Crippen LogP contribution in [0.25, 0.3) is 0 Å². The monoisotopic (exact) mass is 325 g/mol. The van der Waals surface area contributed by atoms with E-state index in [1.807, 2.05) is 6.08 Å². The smallest absolute Gasteiger partial charge is 0.134 e. The molecule has 0 N–H and O–H groups in total. The maximum atomic E-state index is 11.2. The van der Waals surface area contributed by atoms with Gasteiger partial charge in [0.25, 0.3) is 0 Å². The molecule has 0 spiro atoms. The number of carbonyl (C=O) groups excluding carboxylic acids is 1. The van der Waals surface area contributed by atoms with E-state index in [9.17, 15) is 4.79 Å². The fourth-order valence-electron chi connectivity index (χ4n) is 2.73. The zero-order valence-corrected chi connectivity index (χ0v) is 12.2. The van der Waals surface area contributed by atoms with Crippen molar-refractivity contribution in [2.45, 2.75) is 25.7 Å². The molecule has 18 heavy (non-hydrogen) atoms. The number of hydrogen-bond donors (Lipinski definition) is 0. The third-order valence-electron chi connectivity index (χ3n) is 3.75. The number of rotatable bonds is 1. The fourth-order valence-corrected chi connectivity index (χ4v) is 3.85. The summed E-state index contributed by atoms with van der Waals surface area (Å²) in [6, 6.07) is 0. The minimum absolute atomic E-state index is 0.248. The second kappa shape index (κ2) is 4.78. The SMILES string of the molecule is O=C1CC(C2=NC(Br)=C3/C(Cl)=C/C/C=C\CC23)C1. The van der Waals surface area contributed by atoms with Crippen LogP contribution in [0.3, 0.4) is 0 Å². The van der Waals surface area contributed by atoms with Gasteiger partial charge >= 0.3 is 0 Å². The first kappa shape index (κ1) is 12.4.